The number of aromatic nitrogens is 2. The van der Waals surface area contributed by atoms with Crippen molar-refractivity contribution in [3.8, 4) is 0 Å². The average molecular weight is 369 g/mol. The first-order valence-electron chi connectivity index (χ1n) is 8.49. The number of hydrogen-bond donors (Lipinski definition) is 0. The Morgan fingerprint density at radius 1 is 1.28 bits per heavy atom. The van der Waals surface area contributed by atoms with E-state index in [1.54, 1.807) is 24.8 Å². The van der Waals surface area contributed by atoms with Gasteiger partial charge in [0.05, 0.1) is 5.75 Å². The molecular weight excluding hydrogens is 342 g/mol. The van der Waals surface area contributed by atoms with E-state index < -0.39 is 21.5 Å². The fourth-order valence-corrected chi connectivity index (χ4v) is 4.52. The number of nitrogens with zero attached hydrogens (tertiary/aromatic N) is 3. The Morgan fingerprint density at radius 2 is 1.88 bits per heavy atom. The van der Waals surface area contributed by atoms with Crippen LogP contribution in [0, 0.1) is 19.8 Å². The molecular formula is C17H27N3O4S. The van der Waals surface area contributed by atoms with Crippen LogP contribution in [0.4, 0.5) is 4.79 Å². The van der Waals surface area contributed by atoms with Gasteiger partial charge in [-0.05, 0) is 59.4 Å². The van der Waals surface area contributed by atoms with Crippen molar-refractivity contribution >= 4 is 15.9 Å². The third-order valence-corrected chi connectivity index (χ3v) is 5.51. The summed E-state index contributed by atoms with van der Waals surface area (Å²) in [5.41, 5.74) is 0.693. The zero-order valence-electron chi connectivity index (χ0n) is 15.6. The lowest BCUT2D eigenvalue weighted by Crippen LogP contribution is -2.44. The summed E-state index contributed by atoms with van der Waals surface area (Å²) in [5.74, 6) is -0.203. The van der Waals surface area contributed by atoms with Crippen LogP contribution < -0.4 is 0 Å². The summed E-state index contributed by atoms with van der Waals surface area (Å²) in [4.78, 5) is 21.9. The molecule has 0 spiro atoms. The molecule has 1 aliphatic heterocycles. The molecule has 140 valence electrons. The molecule has 1 amide bonds. The molecule has 1 aromatic heterocycles. The molecule has 0 aromatic carbocycles. The number of hydrogen-bond acceptors (Lipinski definition) is 6. The Hall–Kier alpha value is -1.70. The highest BCUT2D eigenvalue weighted by Crippen LogP contribution is 2.22. The number of ether oxygens (including phenoxy) is 1. The van der Waals surface area contributed by atoms with Crippen LogP contribution in [0.1, 0.15) is 45.0 Å². The molecule has 0 unspecified atom stereocenters. The molecule has 0 aliphatic carbocycles. The van der Waals surface area contributed by atoms with Crippen molar-refractivity contribution < 1.29 is 17.9 Å². The van der Waals surface area contributed by atoms with Gasteiger partial charge in [-0.15, -0.1) is 0 Å². The smallest absolute Gasteiger partial charge is 0.410 e. The fourth-order valence-electron chi connectivity index (χ4n) is 2.91. The molecule has 8 heteroatoms. The maximum Gasteiger partial charge on any atom is 0.410 e. The van der Waals surface area contributed by atoms with Crippen LogP contribution in [0.3, 0.4) is 0 Å². The molecule has 0 bridgehead atoms. The van der Waals surface area contributed by atoms with E-state index in [0.29, 0.717) is 24.5 Å². The largest absolute Gasteiger partial charge is 0.444 e. The number of likely N-dealkylation sites (tertiary alicyclic amines) is 1. The minimum Gasteiger partial charge on any atom is -0.444 e. The second-order valence-electron chi connectivity index (χ2n) is 7.65. The first-order chi connectivity index (χ1) is 11.5. The normalized spacial score (nSPS) is 18.9. The van der Waals surface area contributed by atoms with Crippen LogP contribution in [0.25, 0.3) is 0 Å². The summed E-state index contributed by atoms with van der Waals surface area (Å²) in [5, 5.41) is -0.126. The third kappa shape index (κ3) is 5.66. The summed E-state index contributed by atoms with van der Waals surface area (Å²) in [6.07, 6.45) is 1.12. The Kier molecular flexibility index (Phi) is 5.71. The van der Waals surface area contributed by atoms with Gasteiger partial charge in [0.1, 0.15) is 5.60 Å². The lowest BCUT2D eigenvalue weighted by atomic mass is 10.0. The lowest BCUT2D eigenvalue weighted by Gasteiger charge is -2.33. The number of carbonyl (C=O) groups excluding carboxylic acids is 1. The zero-order chi connectivity index (χ0) is 18.8. The van der Waals surface area contributed by atoms with Crippen molar-refractivity contribution in [2.24, 2.45) is 5.92 Å². The molecule has 25 heavy (non-hydrogen) atoms. The monoisotopic (exact) mass is 369 g/mol. The van der Waals surface area contributed by atoms with Crippen molar-refractivity contribution in [3.63, 3.8) is 0 Å². The minimum absolute atomic E-state index is 0.0603. The number of aryl methyl sites for hydroxylation is 2. The Morgan fingerprint density at radius 3 is 2.44 bits per heavy atom. The molecule has 1 aromatic rings. The topological polar surface area (TPSA) is 89.5 Å². The molecule has 0 N–H and O–H groups in total. The maximum absolute atomic E-state index is 12.7. The summed E-state index contributed by atoms with van der Waals surface area (Å²) < 4.78 is 30.7. The molecule has 1 saturated heterocycles. The SMILES string of the molecule is Cc1cc(C)nc(S(=O)(=O)C[C@@H]2CCCN(C(=O)OC(C)(C)C)C2)n1. The van der Waals surface area contributed by atoms with E-state index in [9.17, 15) is 13.2 Å². The highest BCUT2D eigenvalue weighted by atomic mass is 32.2. The van der Waals surface area contributed by atoms with E-state index in [4.69, 9.17) is 4.74 Å². The zero-order valence-corrected chi connectivity index (χ0v) is 16.4. The van der Waals surface area contributed by atoms with Crippen molar-refractivity contribution in [3.05, 3.63) is 17.5 Å². The van der Waals surface area contributed by atoms with Gasteiger partial charge in [0.15, 0.2) is 0 Å². The fraction of sp³-hybridized carbons (Fsp3) is 0.706. The van der Waals surface area contributed by atoms with Crippen LogP contribution in [-0.4, -0.2) is 53.8 Å². The van der Waals surface area contributed by atoms with Gasteiger partial charge in [-0.25, -0.2) is 23.2 Å². The summed E-state index contributed by atoms with van der Waals surface area (Å²) >= 11 is 0. The predicted molar refractivity (Wildman–Crippen MR) is 94.1 cm³/mol. The molecule has 0 radical (unpaired) electrons. The second-order valence-corrected chi connectivity index (χ2v) is 9.58. The first kappa shape index (κ1) is 19.6. The van der Waals surface area contributed by atoms with Gasteiger partial charge in [0.25, 0.3) is 0 Å². The van der Waals surface area contributed by atoms with Gasteiger partial charge in [-0.2, -0.15) is 0 Å². The van der Waals surface area contributed by atoms with E-state index in [1.165, 1.54) is 0 Å². The van der Waals surface area contributed by atoms with Crippen LogP contribution in [0.15, 0.2) is 11.2 Å². The van der Waals surface area contributed by atoms with Crippen molar-refractivity contribution in [1.82, 2.24) is 14.9 Å². The summed E-state index contributed by atoms with van der Waals surface area (Å²) in [6, 6.07) is 1.74. The molecule has 0 saturated carbocycles. The highest BCUT2D eigenvalue weighted by molar-refractivity contribution is 7.91. The standard InChI is InChI=1S/C17H27N3O4S/c1-12-9-13(2)19-15(18-12)25(22,23)11-14-7-6-8-20(10-14)16(21)24-17(3,4)5/h9,14H,6-8,10-11H2,1-5H3/t14-/m1/s1. The number of carbonyl (C=O) groups is 1. The Balaban J connectivity index is 2.07. The maximum atomic E-state index is 12.7. The lowest BCUT2D eigenvalue weighted by molar-refractivity contribution is 0.0176. The van der Waals surface area contributed by atoms with E-state index in [-0.39, 0.29) is 16.8 Å². The van der Waals surface area contributed by atoms with Gasteiger partial charge in [0, 0.05) is 24.5 Å². The quantitative estimate of drug-likeness (QED) is 0.761. The number of sulfone groups is 1. The first-order valence-corrected chi connectivity index (χ1v) is 10.1. The average Bonchev–Trinajstić information content (AvgIpc) is 2.44. The van der Waals surface area contributed by atoms with E-state index in [1.807, 2.05) is 20.8 Å². The van der Waals surface area contributed by atoms with E-state index in [0.717, 1.165) is 12.8 Å². The molecule has 2 heterocycles. The van der Waals surface area contributed by atoms with Gasteiger partial charge >= 0.3 is 6.09 Å². The Bertz CT molecular complexity index is 721. The van der Waals surface area contributed by atoms with Crippen LogP contribution in [0.5, 0.6) is 0 Å². The van der Waals surface area contributed by atoms with Gasteiger partial charge in [-0.3, -0.25) is 0 Å². The minimum atomic E-state index is -3.59. The Labute approximate surface area is 149 Å². The molecule has 1 fully saturated rings. The highest BCUT2D eigenvalue weighted by Gasteiger charge is 2.31. The van der Waals surface area contributed by atoms with Crippen LogP contribution >= 0.6 is 0 Å². The van der Waals surface area contributed by atoms with Gasteiger partial charge < -0.3 is 9.64 Å². The van der Waals surface area contributed by atoms with Crippen molar-refractivity contribution in [1.29, 1.82) is 0 Å². The van der Waals surface area contributed by atoms with Gasteiger partial charge in [-0.1, -0.05) is 0 Å². The van der Waals surface area contributed by atoms with Gasteiger partial charge in [0.2, 0.25) is 15.0 Å². The molecule has 1 atom stereocenters. The third-order valence-electron chi connectivity index (χ3n) is 3.87. The summed E-state index contributed by atoms with van der Waals surface area (Å²) in [6.45, 7) is 9.90. The number of amides is 1. The van der Waals surface area contributed by atoms with Crippen LogP contribution in [-0.2, 0) is 14.6 Å². The van der Waals surface area contributed by atoms with Crippen molar-refractivity contribution in [2.45, 2.75) is 58.2 Å². The molecule has 1 aliphatic rings. The second kappa shape index (κ2) is 7.27. The van der Waals surface area contributed by atoms with E-state index >= 15 is 0 Å². The summed E-state index contributed by atoms with van der Waals surface area (Å²) in [7, 11) is -3.59. The number of rotatable bonds is 3. The van der Waals surface area contributed by atoms with Crippen molar-refractivity contribution in [2.75, 3.05) is 18.8 Å². The van der Waals surface area contributed by atoms with Crippen LogP contribution in [0.2, 0.25) is 0 Å². The molecule has 7 nitrogen and oxygen atoms in total. The van der Waals surface area contributed by atoms with E-state index in [2.05, 4.69) is 9.97 Å². The molecule has 2 rings (SSSR count). The predicted octanol–water partition coefficient (Wildman–Crippen LogP) is 2.51. The number of piperidine rings is 1.